The lowest BCUT2D eigenvalue weighted by Gasteiger charge is -2.18. The van der Waals surface area contributed by atoms with Crippen LogP contribution in [-0.2, 0) is 12.0 Å². The summed E-state index contributed by atoms with van der Waals surface area (Å²) in [6.07, 6.45) is 2.83. The quantitative estimate of drug-likeness (QED) is 0.876. The van der Waals surface area contributed by atoms with Crippen molar-refractivity contribution in [1.29, 1.82) is 0 Å². The van der Waals surface area contributed by atoms with Crippen LogP contribution in [0.4, 0.5) is 0 Å². The van der Waals surface area contributed by atoms with E-state index >= 15 is 0 Å². The zero-order valence-corrected chi connectivity index (χ0v) is 13.8. The van der Waals surface area contributed by atoms with Crippen molar-refractivity contribution < 1.29 is 4.42 Å². The standard InChI is InChI=1S/C16H24N2OS/c1-6-11(2)17-10-13-14(16(3,4)5)18-15(20-13)12-8-7-9-19-12/h7-9,11,17H,6,10H2,1-5H3. The molecule has 0 amide bonds. The average Bonchev–Trinajstić information content (AvgIpc) is 3.03. The summed E-state index contributed by atoms with van der Waals surface area (Å²) in [7, 11) is 0. The molecule has 0 aliphatic carbocycles. The van der Waals surface area contributed by atoms with Crippen LogP contribution in [0.5, 0.6) is 0 Å². The Hall–Kier alpha value is -1.13. The SMILES string of the molecule is CCC(C)NCc1sc(-c2ccco2)nc1C(C)(C)C. The van der Waals surface area contributed by atoms with Gasteiger partial charge in [-0.05, 0) is 25.5 Å². The van der Waals surface area contributed by atoms with Gasteiger partial charge in [-0.15, -0.1) is 11.3 Å². The Morgan fingerprint density at radius 1 is 1.40 bits per heavy atom. The molecule has 4 heteroatoms. The van der Waals surface area contributed by atoms with E-state index in [0.717, 1.165) is 23.7 Å². The van der Waals surface area contributed by atoms with Crippen LogP contribution in [0.3, 0.4) is 0 Å². The summed E-state index contributed by atoms with van der Waals surface area (Å²) in [5.74, 6) is 0.857. The second-order valence-electron chi connectivity index (χ2n) is 6.21. The fourth-order valence-electron chi connectivity index (χ4n) is 1.97. The summed E-state index contributed by atoms with van der Waals surface area (Å²) in [4.78, 5) is 6.12. The van der Waals surface area contributed by atoms with Crippen molar-refractivity contribution in [3.63, 3.8) is 0 Å². The van der Waals surface area contributed by atoms with Gasteiger partial charge >= 0.3 is 0 Å². The summed E-state index contributed by atoms with van der Waals surface area (Å²) >= 11 is 1.73. The van der Waals surface area contributed by atoms with Crippen molar-refractivity contribution in [1.82, 2.24) is 10.3 Å². The minimum Gasteiger partial charge on any atom is -0.462 e. The second-order valence-corrected chi connectivity index (χ2v) is 7.29. The zero-order chi connectivity index (χ0) is 14.8. The van der Waals surface area contributed by atoms with Gasteiger partial charge in [0.25, 0.3) is 0 Å². The molecule has 0 saturated heterocycles. The normalized spacial score (nSPS) is 13.7. The lowest BCUT2D eigenvalue weighted by molar-refractivity contribution is 0.520. The summed E-state index contributed by atoms with van der Waals surface area (Å²) in [6.45, 7) is 11.9. The monoisotopic (exact) mass is 292 g/mol. The average molecular weight is 292 g/mol. The highest BCUT2D eigenvalue weighted by molar-refractivity contribution is 7.15. The fraction of sp³-hybridized carbons (Fsp3) is 0.562. The molecule has 0 aliphatic heterocycles. The number of hydrogen-bond acceptors (Lipinski definition) is 4. The first-order valence-electron chi connectivity index (χ1n) is 7.19. The molecule has 0 radical (unpaired) electrons. The van der Waals surface area contributed by atoms with E-state index in [4.69, 9.17) is 9.40 Å². The number of rotatable bonds is 5. The molecule has 2 aromatic heterocycles. The highest BCUT2D eigenvalue weighted by atomic mass is 32.1. The van der Waals surface area contributed by atoms with Crippen molar-refractivity contribution in [2.24, 2.45) is 0 Å². The first kappa shape index (κ1) is 15.3. The van der Waals surface area contributed by atoms with Crippen LogP contribution in [-0.4, -0.2) is 11.0 Å². The number of aromatic nitrogens is 1. The molecular formula is C16H24N2OS. The summed E-state index contributed by atoms with van der Waals surface area (Å²) in [5, 5.41) is 4.53. The van der Waals surface area contributed by atoms with E-state index in [9.17, 15) is 0 Å². The van der Waals surface area contributed by atoms with Gasteiger partial charge < -0.3 is 9.73 Å². The number of furan rings is 1. The molecular weight excluding hydrogens is 268 g/mol. The van der Waals surface area contributed by atoms with Gasteiger partial charge in [-0.25, -0.2) is 4.98 Å². The van der Waals surface area contributed by atoms with Gasteiger partial charge in [-0.1, -0.05) is 27.7 Å². The number of thiazole rings is 1. The minimum absolute atomic E-state index is 0.0494. The van der Waals surface area contributed by atoms with Crippen LogP contribution >= 0.6 is 11.3 Å². The van der Waals surface area contributed by atoms with Gasteiger partial charge in [0.2, 0.25) is 0 Å². The van der Waals surface area contributed by atoms with Gasteiger partial charge in [-0.2, -0.15) is 0 Å². The van der Waals surface area contributed by atoms with E-state index in [0.29, 0.717) is 6.04 Å². The van der Waals surface area contributed by atoms with Crippen molar-refractivity contribution in [2.75, 3.05) is 0 Å². The van der Waals surface area contributed by atoms with E-state index in [1.54, 1.807) is 17.6 Å². The fourth-order valence-corrected chi connectivity index (χ4v) is 3.17. The maximum absolute atomic E-state index is 5.47. The maximum atomic E-state index is 5.47. The van der Waals surface area contributed by atoms with Crippen molar-refractivity contribution in [2.45, 2.75) is 59.0 Å². The third-order valence-corrected chi connectivity index (χ3v) is 4.43. The van der Waals surface area contributed by atoms with Gasteiger partial charge in [-0.3, -0.25) is 0 Å². The maximum Gasteiger partial charge on any atom is 0.162 e. The smallest absolute Gasteiger partial charge is 0.162 e. The van der Waals surface area contributed by atoms with Crippen LogP contribution in [0.2, 0.25) is 0 Å². The molecule has 2 aromatic rings. The Balaban J connectivity index is 2.29. The topological polar surface area (TPSA) is 38.1 Å². The zero-order valence-electron chi connectivity index (χ0n) is 13.0. The molecule has 2 rings (SSSR count). The summed E-state index contributed by atoms with van der Waals surface area (Å²) in [5.41, 5.74) is 1.22. The summed E-state index contributed by atoms with van der Waals surface area (Å²) in [6, 6.07) is 4.40. The van der Waals surface area contributed by atoms with Crippen molar-refractivity contribution >= 4 is 11.3 Å². The van der Waals surface area contributed by atoms with Crippen LogP contribution < -0.4 is 5.32 Å². The first-order chi connectivity index (χ1) is 9.41. The second kappa shape index (κ2) is 6.10. The Morgan fingerprint density at radius 3 is 2.70 bits per heavy atom. The van der Waals surface area contributed by atoms with Crippen molar-refractivity contribution in [3.05, 3.63) is 29.0 Å². The third kappa shape index (κ3) is 3.49. The largest absolute Gasteiger partial charge is 0.462 e. The van der Waals surface area contributed by atoms with E-state index in [-0.39, 0.29) is 5.41 Å². The van der Waals surface area contributed by atoms with Gasteiger partial charge in [0, 0.05) is 22.9 Å². The predicted molar refractivity (Wildman–Crippen MR) is 85.1 cm³/mol. The molecule has 3 nitrogen and oxygen atoms in total. The van der Waals surface area contributed by atoms with Crippen LogP contribution in [0.25, 0.3) is 10.8 Å². The van der Waals surface area contributed by atoms with E-state index < -0.39 is 0 Å². The predicted octanol–water partition coefficient (Wildman–Crippen LogP) is 4.59. The van der Waals surface area contributed by atoms with Gasteiger partial charge in [0.15, 0.2) is 10.8 Å². The highest BCUT2D eigenvalue weighted by Gasteiger charge is 2.24. The Bertz CT molecular complexity index is 537. The molecule has 20 heavy (non-hydrogen) atoms. The minimum atomic E-state index is 0.0494. The van der Waals surface area contributed by atoms with Crippen LogP contribution in [0, 0.1) is 0 Å². The molecule has 2 heterocycles. The van der Waals surface area contributed by atoms with Crippen LogP contribution in [0.15, 0.2) is 22.8 Å². The molecule has 0 fully saturated rings. The lowest BCUT2D eigenvalue weighted by Crippen LogP contribution is -2.25. The molecule has 0 spiro atoms. The molecule has 1 unspecified atom stereocenters. The molecule has 1 N–H and O–H groups in total. The molecule has 110 valence electrons. The molecule has 0 aliphatic rings. The van der Waals surface area contributed by atoms with E-state index in [2.05, 4.69) is 39.9 Å². The van der Waals surface area contributed by atoms with Crippen LogP contribution in [0.1, 0.15) is 51.6 Å². The molecule has 0 saturated carbocycles. The number of nitrogens with one attached hydrogen (secondary N) is 1. The number of nitrogens with zero attached hydrogens (tertiary/aromatic N) is 1. The molecule has 0 bridgehead atoms. The Labute approximate surface area is 125 Å². The Kier molecular flexibility index (Phi) is 4.66. The number of hydrogen-bond donors (Lipinski definition) is 1. The summed E-state index contributed by atoms with van der Waals surface area (Å²) < 4.78 is 5.47. The van der Waals surface area contributed by atoms with Gasteiger partial charge in [0.05, 0.1) is 12.0 Å². The molecule has 0 aromatic carbocycles. The Morgan fingerprint density at radius 2 is 2.15 bits per heavy atom. The van der Waals surface area contributed by atoms with Gasteiger partial charge in [0.1, 0.15) is 0 Å². The third-order valence-electron chi connectivity index (χ3n) is 3.36. The molecule has 1 atom stereocenters. The van der Waals surface area contributed by atoms with E-state index in [1.165, 1.54) is 10.6 Å². The lowest BCUT2D eigenvalue weighted by atomic mass is 9.91. The van der Waals surface area contributed by atoms with Crippen molar-refractivity contribution in [3.8, 4) is 10.8 Å². The highest BCUT2D eigenvalue weighted by Crippen LogP contribution is 2.34. The van der Waals surface area contributed by atoms with E-state index in [1.807, 2.05) is 12.1 Å². The first-order valence-corrected chi connectivity index (χ1v) is 8.01.